The van der Waals surface area contributed by atoms with Crippen LogP contribution in [0.4, 0.5) is 0 Å². The van der Waals surface area contributed by atoms with Crippen molar-refractivity contribution in [1.82, 2.24) is 10.6 Å². The summed E-state index contributed by atoms with van der Waals surface area (Å²) in [6.07, 6.45) is 0.224. The predicted octanol–water partition coefficient (Wildman–Crippen LogP) is 1.16. The number of benzene rings is 2. The largest absolute Gasteiger partial charge is 0.456 e. The second-order valence-electron chi connectivity index (χ2n) is 6.06. The maximum Gasteiger partial charge on any atom is 0.308 e. The highest BCUT2D eigenvalue weighted by molar-refractivity contribution is 5.97. The van der Waals surface area contributed by atoms with E-state index in [0.29, 0.717) is 0 Å². The van der Waals surface area contributed by atoms with Crippen LogP contribution in [-0.2, 0) is 36.8 Å². The highest BCUT2D eigenvalue weighted by Crippen LogP contribution is 2.00. The first-order valence-electron chi connectivity index (χ1n) is 8.86. The van der Waals surface area contributed by atoms with E-state index in [1.165, 1.54) is 0 Å². The third kappa shape index (κ3) is 8.27. The molecule has 0 radical (unpaired) electrons. The summed E-state index contributed by atoms with van der Waals surface area (Å²) < 4.78 is 4.80. The summed E-state index contributed by atoms with van der Waals surface area (Å²) in [6.45, 7) is -0.434. The van der Waals surface area contributed by atoms with E-state index in [2.05, 4.69) is 10.6 Å². The lowest BCUT2D eigenvalue weighted by atomic mass is 10.1. The van der Waals surface area contributed by atoms with Crippen molar-refractivity contribution in [2.45, 2.75) is 19.3 Å². The molecule has 2 aromatic carbocycles. The van der Waals surface area contributed by atoms with Gasteiger partial charge in [-0.3, -0.25) is 24.5 Å². The Labute approximate surface area is 163 Å². The molecule has 0 fully saturated rings. The van der Waals surface area contributed by atoms with Crippen molar-refractivity contribution in [1.29, 1.82) is 0 Å². The van der Waals surface area contributed by atoms with Crippen LogP contribution in [-0.4, -0.2) is 36.8 Å². The number of carbonyl (C=O) groups excluding carboxylic acids is 4. The molecule has 7 nitrogen and oxygen atoms in total. The second-order valence-corrected chi connectivity index (χ2v) is 6.06. The van der Waals surface area contributed by atoms with E-state index in [-0.39, 0.29) is 31.7 Å². The number of imide groups is 1. The topological polar surface area (TPSA) is 102 Å². The van der Waals surface area contributed by atoms with Crippen LogP contribution in [0.5, 0.6) is 0 Å². The molecule has 7 heteroatoms. The Bertz CT molecular complexity index is 806. The summed E-state index contributed by atoms with van der Waals surface area (Å²) in [5, 5.41) is 4.78. The summed E-state index contributed by atoms with van der Waals surface area (Å²) in [5.74, 6) is -2.00. The fourth-order valence-corrected chi connectivity index (χ4v) is 2.38. The van der Waals surface area contributed by atoms with Gasteiger partial charge >= 0.3 is 5.97 Å². The summed E-state index contributed by atoms with van der Waals surface area (Å²) in [4.78, 5) is 46.8. The van der Waals surface area contributed by atoms with Gasteiger partial charge in [-0.15, -0.1) is 0 Å². The lowest BCUT2D eigenvalue weighted by molar-refractivity contribution is -0.149. The summed E-state index contributed by atoms with van der Waals surface area (Å²) in [6, 6.07) is 18.2. The Morgan fingerprint density at radius 3 is 1.82 bits per heavy atom. The molecule has 0 bridgehead atoms. The zero-order valence-electron chi connectivity index (χ0n) is 15.4. The molecule has 0 saturated heterocycles. The van der Waals surface area contributed by atoms with Crippen LogP contribution in [0.25, 0.3) is 0 Å². The Hall–Kier alpha value is -3.48. The van der Waals surface area contributed by atoms with Gasteiger partial charge in [-0.2, -0.15) is 0 Å². The maximum absolute atomic E-state index is 11.8. The third-order valence-electron chi connectivity index (χ3n) is 3.71. The van der Waals surface area contributed by atoms with Gasteiger partial charge in [-0.25, -0.2) is 0 Å². The normalized spacial score (nSPS) is 10.0. The van der Waals surface area contributed by atoms with Gasteiger partial charge in [0, 0.05) is 6.54 Å². The minimum absolute atomic E-state index is 0.0635. The molecular formula is C21H22N2O5. The van der Waals surface area contributed by atoms with Crippen molar-refractivity contribution in [2.75, 3.05) is 13.2 Å². The molecule has 0 spiro atoms. The van der Waals surface area contributed by atoms with Gasteiger partial charge < -0.3 is 10.1 Å². The van der Waals surface area contributed by atoms with E-state index < -0.39 is 24.4 Å². The zero-order valence-corrected chi connectivity index (χ0v) is 15.4. The first-order chi connectivity index (χ1) is 13.5. The van der Waals surface area contributed by atoms with Gasteiger partial charge in [0.2, 0.25) is 11.8 Å². The molecule has 0 atom stereocenters. The van der Waals surface area contributed by atoms with Crippen LogP contribution in [0.2, 0.25) is 0 Å². The van der Waals surface area contributed by atoms with Crippen molar-refractivity contribution < 1.29 is 23.9 Å². The lowest BCUT2D eigenvalue weighted by Gasteiger charge is -2.07. The summed E-state index contributed by atoms with van der Waals surface area (Å²) in [5.41, 5.74) is 1.65. The van der Waals surface area contributed by atoms with Crippen LogP contribution in [0.15, 0.2) is 60.7 Å². The molecule has 2 N–H and O–H groups in total. The molecule has 0 aliphatic carbocycles. The molecule has 28 heavy (non-hydrogen) atoms. The summed E-state index contributed by atoms with van der Waals surface area (Å²) in [7, 11) is 0. The first kappa shape index (κ1) is 20.8. The maximum atomic E-state index is 11.8. The number of carbonyl (C=O) groups is 4. The average Bonchev–Trinajstić information content (AvgIpc) is 2.68. The van der Waals surface area contributed by atoms with Crippen LogP contribution in [0.1, 0.15) is 17.5 Å². The fourth-order valence-electron chi connectivity index (χ4n) is 2.38. The van der Waals surface area contributed by atoms with Crippen LogP contribution in [0, 0.1) is 0 Å². The zero-order chi connectivity index (χ0) is 20.2. The molecule has 3 amide bonds. The number of ether oxygens (including phenoxy) is 1. The molecule has 0 aliphatic rings. The van der Waals surface area contributed by atoms with Crippen molar-refractivity contribution in [3.63, 3.8) is 0 Å². The first-order valence-corrected chi connectivity index (χ1v) is 8.86. The van der Waals surface area contributed by atoms with Gasteiger partial charge in [0.1, 0.15) is 0 Å². The van der Waals surface area contributed by atoms with Gasteiger partial charge in [0.05, 0.1) is 19.3 Å². The van der Waals surface area contributed by atoms with Gasteiger partial charge in [0.25, 0.3) is 5.91 Å². The minimum atomic E-state index is -0.692. The number of nitrogens with one attached hydrogen (secondary N) is 2. The van der Waals surface area contributed by atoms with Gasteiger partial charge in [0.15, 0.2) is 6.61 Å². The van der Waals surface area contributed by atoms with E-state index in [4.69, 9.17) is 4.74 Å². The number of hydrogen-bond donors (Lipinski definition) is 2. The molecule has 146 valence electrons. The molecular weight excluding hydrogens is 360 g/mol. The predicted molar refractivity (Wildman–Crippen MR) is 102 cm³/mol. The van der Waals surface area contributed by atoms with E-state index in [9.17, 15) is 19.2 Å². The fraction of sp³-hybridized carbons (Fsp3) is 0.238. The van der Waals surface area contributed by atoms with Gasteiger partial charge in [-0.1, -0.05) is 60.7 Å². The Kier molecular flexibility index (Phi) is 8.39. The molecule has 0 heterocycles. The van der Waals surface area contributed by atoms with Crippen LogP contribution in [0.3, 0.4) is 0 Å². The molecule has 0 unspecified atom stereocenters. The standard InChI is InChI=1S/C21H22N2O5/c24-18(13-16-7-3-1-4-8-16)22-12-11-21(27)28-15-20(26)23-19(25)14-17-9-5-2-6-10-17/h1-10H,11-15H2,(H,22,24)(H,23,25,26). The number of rotatable bonds is 9. The SMILES string of the molecule is O=C(Cc1ccccc1)NCCC(=O)OCC(=O)NC(=O)Cc1ccccc1. The number of hydrogen-bond acceptors (Lipinski definition) is 5. The van der Waals surface area contributed by atoms with E-state index >= 15 is 0 Å². The highest BCUT2D eigenvalue weighted by Gasteiger charge is 2.12. The van der Waals surface area contributed by atoms with Crippen LogP contribution < -0.4 is 10.6 Å². The van der Waals surface area contributed by atoms with Crippen LogP contribution >= 0.6 is 0 Å². The smallest absolute Gasteiger partial charge is 0.308 e. The molecule has 2 aromatic rings. The minimum Gasteiger partial charge on any atom is -0.456 e. The Balaban J connectivity index is 1.58. The van der Waals surface area contributed by atoms with E-state index in [1.807, 2.05) is 36.4 Å². The third-order valence-corrected chi connectivity index (χ3v) is 3.71. The van der Waals surface area contributed by atoms with Crippen molar-refractivity contribution in [3.8, 4) is 0 Å². The van der Waals surface area contributed by atoms with Gasteiger partial charge in [-0.05, 0) is 11.1 Å². The molecule has 2 rings (SSSR count). The van der Waals surface area contributed by atoms with Crippen molar-refractivity contribution in [2.24, 2.45) is 0 Å². The Morgan fingerprint density at radius 1 is 0.714 bits per heavy atom. The monoisotopic (exact) mass is 382 g/mol. The van der Waals surface area contributed by atoms with E-state index in [1.54, 1.807) is 24.3 Å². The van der Waals surface area contributed by atoms with Crippen molar-refractivity contribution >= 4 is 23.7 Å². The lowest BCUT2D eigenvalue weighted by Crippen LogP contribution is -2.35. The molecule has 0 saturated carbocycles. The average molecular weight is 382 g/mol. The Morgan fingerprint density at radius 2 is 1.25 bits per heavy atom. The van der Waals surface area contributed by atoms with E-state index in [0.717, 1.165) is 11.1 Å². The number of amides is 3. The number of esters is 1. The summed E-state index contributed by atoms with van der Waals surface area (Å²) >= 11 is 0. The quantitative estimate of drug-likeness (QED) is 0.634. The highest BCUT2D eigenvalue weighted by atomic mass is 16.5. The van der Waals surface area contributed by atoms with Crippen molar-refractivity contribution in [3.05, 3.63) is 71.8 Å². The second kappa shape index (κ2) is 11.3. The molecule has 0 aliphatic heterocycles. The molecule has 0 aromatic heterocycles.